The highest BCUT2D eigenvalue weighted by atomic mass is 79.9. The number of nitrogens with zero attached hydrogens (tertiary/aromatic N) is 3. The SMILES string of the molecule is CC(C)N1C(=O)c2ccc(NC(=O)Nc3ncc(Br)cn3)cc2C1=O. The summed E-state index contributed by atoms with van der Waals surface area (Å²) in [6.07, 6.45) is 3.01. The molecule has 3 rings (SSSR count). The second kappa shape index (κ2) is 6.60. The molecule has 0 radical (unpaired) electrons. The minimum Gasteiger partial charge on any atom is -0.308 e. The van der Waals surface area contributed by atoms with E-state index < -0.39 is 6.03 Å². The van der Waals surface area contributed by atoms with Gasteiger partial charge in [-0.05, 0) is 48.0 Å². The fourth-order valence-corrected chi connectivity index (χ4v) is 2.65. The number of carbonyl (C=O) groups excluding carboxylic acids is 3. The monoisotopic (exact) mass is 403 g/mol. The highest BCUT2D eigenvalue weighted by Gasteiger charge is 2.37. The fraction of sp³-hybridized carbons (Fsp3) is 0.188. The molecule has 0 unspecified atom stereocenters. The van der Waals surface area contributed by atoms with Crippen molar-refractivity contribution in [3.63, 3.8) is 0 Å². The van der Waals surface area contributed by atoms with Gasteiger partial charge in [0.15, 0.2) is 0 Å². The summed E-state index contributed by atoms with van der Waals surface area (Å²) in [7, 11) is 0. The molecule has 9 heteroatoms. The Kier molecular flexibility index (Phi) is 4.49. The van der Waals surface area contributed by atoms with Gasteiger partial charge in [0.1, 0.15) is 0 Å². The molecule has 8 nitrogen and oxygen atoms in total. The molecule has 1 aliphatic heterocycles. The lowest BCUT2D eigenvalue weighted by Crippen LogP contribution is -2.35. The molecule has 25 heavy (non-hydrogen) atoms. The number of aromatic nitrogens is 2. The van der Waals surface area contributed by atoms with Gasteiger partial charge >= 0.3 is 6.03 Å². The molecule has 0 bridgehead atoms. The van der Waals surface area contributed by atoms with Crippen LogP contribution in [-0.4, -0.2) is 38.8 Å². The largest absolute Gasteiger partial charge is 0.326 e. The maximum Gasteiger partial charge on any atom is 0.326 e. The number of imide groups is 1. The molecular formula is C16H14BrN5O3. The van der Waals surface area contributed by atoms with Crippen molar-refractivity contribution in [3.05, 3.63) is 46.2 Å². The van der Waals surface area contributed by atoms with Crippen LogP contribution in [0.25, 0.3) is 0 Å². The van der Waals surface area contributed by atoms with Crippen LogP contribution >= 0.6 is 15.9 Å². The molecule has 2 heterocycles. The van der Waals surface area contributed by atoms with Crippen LogP contribution in [0.15, 0.2) is 35.1 Å². The van der Waals surface area contributed by atoms with E-state index in [9.17, 15) is 14.4 Å². The number of fused-ring (bicyclic) bond motifs is 1. The summed E-state index contributed by atoms with van der Waals surface area (Å²) < 4.78 is 0.690. The third-order valence-electron chi connectivity index (χ3n) is 3.54. The lowest BCUT2D eigenvalue weighted by atomic mass is 10.1. The molecular weight excluding hydrogens is 390 g/mol. The number of hydrogen-bond donors (Lipinski definition) is 2. The van der Waals surface area contributed by atoms with Gasteiger partial charge in [-0.25, -0.2) is 14.8 Å². The summed E-state index contributed by atoms with van der Waals surface area (Å²) >= 11 is 3.20. The first kappa shape index (κ1) is 17.0. The third-order valence-corrected chi connectivity index (χ3v) is 3.95. The second-order valence-electron chi connectivity index (χ2n) is 5.64. The number of amides is 4. The van der Waals surface area contributed by atoms with Gasteiger partial charge < -0.3 is 5.32 Å². The van der Waals surface area contributed by atoms with Crippen LogP contribution in [0, 0.1) is 0 Å². The number of carbonyl (C=O) groups is 3. The molecule has 0 aliphatic carbocycles. The molecule has 0 spiro atoms. The van der Waals surface area contributed by atoms with Gasteiger partial charge in [0.2, 0.25) is 5.95 Å². The van der Waals surface area contributed by atoms with E-state index in [1.54, 1.807) is 19.9 Å². The summed E-state index contributed by atoms with van der Waals surface area (Å²) in [5.41, 5.74) is 0.998. The first-order valence-corrected chi connectivity index (χ1v) is 8.23. The first-order chi connectivity index (χ1) is 11.9. The van der Waals surface area contributed by atoms with Gasteiger partial charge in [0.25, 0.3) is 11.8 Å². The summed E-state index contributed by atoms with van der Waals surface area (Å²) in [4.78, 5) is 45.7. The molecule has 0 saturated heterocycles. The number of anilines is 2. The highest BCUT2D eigenvalue weighted by molar-refractivity contribution is 9.10. The predicted molar refractivity (Wildman–Crippen MR) is 94.5 cm³/mol. The first-order valence-electron chi connectivity index (χ1n) is 7.44. The molecule has 1 aliphatic rings. The lowest BCUT2D eigenvalue weighted by molar-refractivity contribution is 0.0609. The third kappa shape index (κ3) is 3.36. The molecule has 0 fully saturated rings. The number of benzene rings is 1. The minimum absolute atomic E-state index is 0.138. The van der Waals surface area contributed by atoms with Crippen molar-refractivity contribution in [2.45, 2.75) is 19.9 Å². The zero-order valence-electron chi connectivity index (χ0n) is 13.4. The Morgan fingerprint density at radius 3 is 2.36 bits per heavy atom. The van der Waals surface area contributed by atoms with Crippen molar-refractivity contribution in [3.8, 4) is 0 Å². The predicted octanol–water partition coefficient (Wildman–Crippen LogP) is 2.89. The van der Waals surface area contributed by atoms with E-state index in [2.05, 4.69) is 36.5 Å². The molecule has 0 atom stereocenters. The van der Waals surface area contributed by atoms with E-state index in [1.165, 1.54) is 29.4 Å². The van der Waals surface area contributed by atoms with E-state index >= 15 is 0 Å². The van der Waals surface area contributed by atoms with Crippen LogP contribution in [0.3, 0.4) is 0 Å². The molecule has 1 aromatic heterocycles. The Morgan fingerprint density at radius 2 is 1.72 bits per heavy atom. The normalized spacial score (nSPS) is 13.2. The van der Waals surface area contributed by atoms with Crippen molar-refractivity contribution in [2.75, 3.05) is 10.6 Å². The van der Waals surface area contributed by atoms with Gasteiger partial charge in [-0.1, -0.05) is 0 Å². The molecule has 0 saturated carbocycles. The van der Waals surface area contributed by atoms with Crippen LogP contribution in [0.1, 0.15) is 34.6 Å². The number of halogens is 1. The minimum atomic E-state index is -0.556. The summed E-state index contributed by atoms with van der Waals surface area (Å²) in [6, 6.07) is 3.79. The summed E-state index contributed by atoms with van der Waals surface area (Å²) in [5, 5.41) is 5.07. The van der Waals surface area contributed by atoms with E-state index in [0.29, 0.717) is 15.7 Å². The molecule has 2 N–H and O–H groups in total. The maximum absolute atomic E-state index is 12.4. The Balaban J connectivity index is 1.75. The van der Waals surface area contributed by atoms with E-state index in [1.807, 2.05) is 0 Å². The zero-order chi connectivity index (χ0) is 18.1. The number of urea groups is 1. The molecule has 1 aromatic carbocycles. The Morgan fingerprint density at radius 1 is 1.08 bits per heavy atom. The molecule has 4 amide bonds. The zero-order valence-corrected chi connectivity index (χ0v) is 15.0. The van der Waals surface area contributed by atoms with E-state index in [4.69, 9.17) is 0 Å². The fourth-order valence-electron chi connectivity index (χ4n) is 2.45. The maximum atomic E-state index is 12.4. The average molecular weight is 404 g/mol. The van der Waals surface area contributed by atoms with Crippen molar-refractivity contribution in [1.82, 2.24) is 14.9 Å². The number of rotatable bonds is 3. The van der Waals surface area contributed by atoms with E-state index in [-0.39, 0.29) is 29.4 Å². The Hall–Kier alpha value is -2.81. The van der Waals surface area contributed by atoms with Gasteiger partial charge in [0, 0.05) is 24.1 Å². The standard InChI is InChI=1S/C16H14BrN5O3/c1-8(2)22-13(23)11-4-3-10(5-12(11)14(22)24)20-16(25)21-15-18-6-9(17)7-19-15/h3-8H,1-2H3,(H2,18,19,20,21,25). The topological polar surface area (TPSA) is 104 Å². The molecule has 2 aromatic rings. The van der Waals surface area contributed by atoms with Crippen LogP contribution in [0.2, 0.25) is 0 Å². The van der Waals surface area contributed by atoms with Crippen molar-refractivity contribution < 1.29 is 14.4 Å². The number of nitrogens with one attached hydrogen (secondary N) is 2. The van der Waals surface area contributed by atoms with Crippen LogP contribution < -0.4 is 10.6 Å². The lowest BCUT2D eigenvalue weighted by Gasteiger charge is -2.17. The smallest absolute Gasteiger partial charge is 0.308 e. The second-order valence-corrected chi connectivity index (χ2v) is 6.55. The quantitative estimate of drug-likeness (QED) is 0.766. The molecule has 128 valence electrons. The van der Waals surface area contributed by atoms with Crippen molar-refractivity contribution in [1.29, 1.82) is 0 Å². The van der Waals surface area contributed by atoms with Gasteiger partial charge in [-0.2, -0.15) is 0 Å². The highest BCUT2D eigenvalue weighted by Crippen LogP contribution is 2.27. The van der Waals surface area contributed by atoms with Crippen molar-refractivity contribution >= 4 is 45.4 Å². The van der Waals surface area contributed by atoms with Crippen LogP contribution in [0.4, 0.5) is 16.4 Å². The van der Waals surface area contributed by atoms with Crippen LogP contribution in [0.5, 0.6) is 0 Å². The van der Waals surface area contributed by atoms with E-state index in [0.717, 1.165) is 0 Å². The van der Waals surface area contributed by atoms with Gasteiger partial charge in [-0.15, -0.1) is 0 Å². The van der Waals surface area contributed by atoms with Gasteiger partial charge in [0.05, 0.1) is 15.6 Å². The van der Waals surface area contributed by atoms with Crippen LogP contribution in [-0.2, 0) is 0 Å². The Bertz CT molecular complexity index is 867. The van der Waals surface area contributed by atoms with Gasteiger partial charge in [-0.3, -0.25) is 19.8 Å². The average Bonchev–Trinajstić information content (AvgIpc) is 2.80. The van der Waals surface area contributed by atoms with Crippen molar-refractivity contribution in [2.24, 2.45) is 0 Å². The Labute approximate surface area is 151 Å². The summed E-state index contributed by atoms with van der Waals surface area (Å²) in [5.74, 6) is -0.552. The summed E-state index contributed by atoms with van der Waals surface area (Å²) in [6.45, 7) is 3.54. The number of hydrogen-bond acceptors (Lipinski definition) is 5.